The Morgan fingerprint density at radius 2 is 1.71 bits per heavy atom. The third kappa shape index (κ3) is 4.93. The van der Waals surface area contributed by atoms with Gasteiger partial charge in [0.15, 0.2) is 0 Å². The summed E-state index contributed by atoms with van der Waals surface area (Å²) in [5.74, 6) is -0.0564. The van der Waals surface area contributed by atoms with Gasteiger partial charge >= 0.3 is 0 Å². The van der Waals surface area contributed by atoms with Crippen molar-refractivity contribution in [1.29, 1.82) is 0 Å². The number of carbonyl (C=O) groups excluding carboxylic acids is 2. The van der Waals surface area contributed by atoms with Crippen LogP contribution in [0.1, 0.15) is 22.8 Å². The minimum Gasteiger partial charge on any atom is -0.336 e. The third-order valence-corrected chi connectivity index (χ3v) is 5.91. The number of hydrogen-bond donors (Lipinski definition) is 1. The zero-order valence-corrected chi connectivity index (χ0v) is 18.3. The van der Waals surface area contributed by atoms with Crippen molar-refractivity contribution in [2.24, 2.45) is 0 Å². The number of anilines is 1. The summed E-state index contributed by atoms with van der Waals surface area (Å²) in [7, 11) is 0. The lowest BCUT2D eigenvalue weighted by Crippen LogP contribution is -2.54. The molecule has 148 valence electrons. The molecule has 2 aromatic carbocycles. The third-order valence-electron chi connectivity index (χ3n) is 5.00. The highest BCUT2D eigenvalue weighted by atomic mass is 79.9. The number of nitrogens with zero attached hydrogens (tertiary/aromatic N) is 2. The molecular weight excluding hydrogens is 442 g/mol. The molecule has 7 heteroatoms. The molecule has 0 aromatic heterocycles. The Balaban J connectivity index is 1.55. The van der Waals surface area contributed by atoms with E-state index >= 15 is 0 Å². The lowest BCUT2D eigenvalue weighted by Gasteiger charge is -2.37. The van der Waals surface area contributed by atoms with Crippen LogP contribution in [0.3, 0.4) is 0 Å². The highest BCUT2D eigenvalue weighted by Crippen LogP contribution is 2.24. The van der Waals surface area contributed by atoms with Gasteiger partial charge in [-0.05, 0) is 71.7 Å². The van der Waals surface area contributed by atoms with E-state index in [-0.39, 0.29) is 17.9 Å². The quantitative estimate of drug-likeness (QED) is 0.738. The Hall–Kier alpha value is -1.89. The molecule has 1 heterocycles. The van der Waals surface area contributed by atoms with Gasteiger partial charge in [0.2, 0.25) is 5.91 Å². The van der Waals surface area contributed by atoms with Crippen molar-refractivity contribution in [2.75, 3.05) is 31.5 Å². The number of piperazine rings is 1. The Morgan fingerprint density at radius 1 is 1.07 bits per heavy atom. The molecule has 1 atom stereocenters. The first-order valence-electron chi connectivity index (χ1n) is 9.21. The van der Waals surface area contributed by atoms with Gasteiger partial charge in [-0.2, -0.15) is 0 Å². The number of aryl methyl sites for hydroxylation is 1. The molecule has 5 nitrogen and oxygen atoms in total. The Kier molecular flexibility index (Phi) is 6.75. The number of benzene rings is 2. The van der Waals surface area contributed by atoms with Crippen molar-refractivity contribution < 1.29 is 9.59 Å². The molecular formula is C21H23BrClN3O2. The minimum atomic E-state index is -0.277. The van der Waals surface area contributed by atoms with E-state index in [0.717, 1.165) is 15.7 Å². The average molecular weight is 465 g/mol. The zero-order valence-electron chi connectivity index (χ0n) is 15.9. The number of rotatable bonds is 4. The molecule has 1 aliphatic heterocycles. The maximum absolute atomic E-state index is 12.7. The van der Waals surface area contributed by atoms with Crippen molar-refractivity contribution in [1.82, 2.24) is 9.80 Å². The van der Waals surface area contributed by atoms with Gasteiger partial charge in [0.25, 0.3) is 5.91 Å². The van der Waals surface area contributed by atoms with E-state index in [0.29, 0.717) is 36.8 Å². The summed E-state index contributed by atoms with van der Waals surface area (Å²) < 4.78 is 0.867. The molecule has 0 spiro atoms. The monoisotopic (exact) mass is 463 g/mol. The van der Waals surface area contributed by atoms with Gasteiger partial charge in [-0.1, -0.05) is 17.7 Å². The van der Waals surface area contributed by atoms with Crippen molar-refractivity contribution in [3.05, 3.63) is 63.1 Å². The molecule has 1 saturated heterocycles. The van der Waals surface area contributed by atoms with Gasteiger partial charge in [0.1, 0.15) is 0 Å². The molecule has 3 rings (SSSR count). The first-order chi connectivity index (χ1) is 13.3. The summed E-state index contributed by atoms with van der Waals surface area (Å²) in [5.41, 5.74) is 2.52. The second kappa shape index (κ2) is 9.07. The van der Waals surface area contributed by atoms with Gasteiger partial charge in [-0.25, -0.2) is 0 Å². The fourth-order valence-corrected chi connectivity index (χ4v) is 3.93. The molecule has 2 amide bonds. The van der Waals surface area contributed by atoms with Crippen LogP contribution in [0.15, 0.2) is 46.9 Å². The zero-order chi connectivity index (χ0) is 20.3. The minimum absolute atomic E-state index is 0.00277. The lowest BCUT2D eigenvalue weighted by molar-refractivity contribution is -0.121. The molecule has 28 heavy (non-hydrogen) atoms. The van der Waals surface area contributed by atoms with Crippen LogP contribution < -0.4 is 5.32 Å². The number of nitrogens with one attached hydrogen (secondary N) is 1. The summed E-state index contributed by atoms with van der Waals surface area (Å²) in [6.07, 6.45) is 0. The molecule has 0 aliphatic carbocycles. The summed E-state index contributed by atoms with van der Waals surface area (Å²) in [6.45, 7) is 6.39. The Labute approximate surface area is 178 Å². The lowest BCUT2D eigenvalue weighted by atomic mass is 10.1. The van der Waals surface area contributed by atoms with E-state index in [1.165, 1.54) is 0 Å². The Bertz CT molecular complexity index is 864. The second-order valence-electron chi connectivity index (χ2n) is 6.98. The normalized spacial score (nSPS) is 15.9. The molecule has 1 N–H and O–H groups in total. The highest BCUT2D eigenvalue weighted by Gasteiger charge is 2.28. The maximum Gasteiger partial charge on any atom is 0.253 e. The van der Waals surface area contributed by atoms with E-state index in [9.17, 15) is 9.59 Å². The number of carbonyl (C=O) groups is 2. The molecule has 1 fully saturated rings. The van der Waals surface area contributed by atoms with Crippen LogP contribution in [-0.2, 0) is 4.79 Å². The van der Waals surface area contributed by atoms with Gasteiger partial charge in [0, 0.05) is 41.2 Å². The van der Waals surface area contributed by atoms with Crippen molar-refractivity contribution >= 4 is 45.0 Å². The number of amides is 2. The molecule has 1 aliphatic rings. The molecule has 0 bridgehead atoms. The average Bonchev–Trinajstić information content (AvgIpc) is 2.69. The van der Waals surface area contributed by atoms with Crippen molar-refractivity contribution in [3.8, 4) is 0 Å². The van der Waals surface area contributed by atoms with Gasteiger partial charge < -0.3 is 10.2 Å². The van der Waals surface area contributed by atoms with Crippen LogP contribution in [0.2, 0.25) is 5.02 Å². The summed E-state index contributed by atoms with van der Waals surface area (Å²) in [5, 5.41) is 3.59. The van der Waals surface area contributed by atoms with Gasteiger partial charge in [-0.3, -0.25) is 14.5 Å². The van der Waals surface area contributed by atoms with Gasteiger partial charge in [0.05, 0.1) is 11.7 Å². The van der Waals surface area contributed by atoms with Crippen LogP contribution in [-0.4, -0.2) is 53.8 Å². The standard InChI is InChI=1S/C21H23BrClN3O2/c1-14-3-8-19(18(22)13-14)24-20(27)15(2)25-9-11-26(12-10-25)21(28)16-4-6-17(23)7-5-16/h3-8,13,15H,9-12H2,1-2H3,(H,24,27). The largest absolute Gasteiger partial charge is 0.336 e. The fraction of sp³-hybridized carbons (Fsp3) is 0.333. The smallest absolute Gasteiger partial charge is 0.253 e. The Morgan fingerprint density at radius 3 is 2.32 bits per heavy atom. The number of hydrogen-bond acceptors (Lipinski definition) is 3. The summed E-state index contributed by atoms with van der Waals surface area (Å²) >= 11 is 9.38. The molecule has 0 radical (unpaired) electrons. The van der Waals surface area contributed by atoms with Crippen LogP contribution >= 0.6 is 27.5 Å². The van der Waals surface area contributed by atoms with E-state index < -0.39 is 0 Å². The topological polar surface area (TPSA) is 52.7 Å². The van der Waals surface area contributed by atoms with Crippen molar-refractivity contribution in [2.45, 2.75) is 19.9 Å². The van der Waals surface area contributed by atoms with Crippen LogP contribution in [0.5, 0.6) is 0 Å². The highest BCUT2D eigenvalue weighted by molar-refractivity contribution is 9.10. The summed E-state index contributed by atoms with van der Waals surface area (Å²) in [4.78, 5) is 29.2. The van der Waals surface area contributed by atoms with Crippen LogP contribution in [0, 0.1) is 6.92 Å². The SMILES string of the molecule is Cc1ccc(NC(=O)C(C)N2CCN(C(=O)c3ccc(Cl)cc3)CC2)c(Br)c1. The molecule has 0 saturated carbocycles. The predicted octanol–water partition coefficient (Wildman–Crippen LogP) is 4.20. The van der Waals surface area contributed by atoms with Crippen LogP contribution in [0.25, 0.3) is 0 Å². The molecule has 1 unspecified atom stereocenters. The van der Waals surface area contributed by atoms with Crippen LogP contribution in [0.4, 0.5) is 5.69 Å². The maximum atomic E-state index is 12.7. The second-order valence-corrected chi connectivity index (χ2v) is 8.27. The first-order valence-corrected chi connectivity index (χ1v) is 10.4. The van der Waals surface area contributed by atoms with E-state index in [1.54, 1.807) is 24.3 Å². The number of halogens is 2. The van der Waals surface area contributed by atoms with E-state index in [2.05, 4.69) is 26.1 Å². The van der Waals surface area contributed by atoms with Gasteiger partial charge in [-0.15, -0.1) is 0 Å². The van der Waals surface area contributed by atoms with Crippen molar-refractivity contribution in [3.63, 3.8) is 0 Å². The van der Waals surface area contributed by atoms with E-state index in [4.69, 9.17) is 11.6 Å². The predicted molar refractivity (Wildman–Crippen MR) is 116 cm³/mol. The first kappa shape index (κ1) is 20.8. The van der Waals surface area contributed by atoms with E-state index in [1.807, 2.05) is 36.9 Å². The summed E-state index contributed by atoms with van der Waals surface area (Å²) in [6, 6.07) is 12.5. The fourth-order valence-electron chi connectivity index (χ4n) is 3.21. The molecule has 2 aromatic rings.